The monoisotopic (exact) mass is 310 g/mol. The summed E-state index contributed by atoms with van der Waals surface area (Å²) in [6.07, 6.45) is 5.09. The van der Waals surface area contributed by atoms with Crippen LogP contribution in [0.5, 0.6) is 0 Å². The van der Waals surface area contributed by atoms with Gasteiger partial charge in [0.15, 0.2) is 0 Å². The first-order chi connectivity index (χ1) is 11.2. The Balaban J connectivity index is 1.54. The molecule has 4 heteroatoms. The van der Waals surface area contributed by atoms with Crippen molar-refractivity contribution in [1.82, 2.24) is 5.32 Å². The fourth-order valence-electron chi connectivity index (χ4n) is 3.28. The zero-order valence-corrected chi connectivity index (χ0v) is 13.2. The Morgan fingerprint density at radius 3 is 2.52 bits per heavy atom. The number of rotatable bonds is 5. The third-order valence-corrected chi connectivity index (χ3v) is 4.61. The zero-order chi connectivity index (χ0) is 16.1. The molecule has 0 radical (unpaired) electrons. The molecular weight excluding hydrogens is 288 g/mol. The molecule has 0 bridgehead atoms. The highest BCUT2D eigenvalue weighted by atomic mass is 16.6. The standard InChI is InChI=1S/C19H22N2O2/c22-21(23)19-11-8-16-6-9-18(10-7-17(16)14-19)20-13-12-15-4-2-1-3-5-15/h1-5,8,11,14,18,20H,6-7,9-10,12-13H2. The first-order valence-corrected chi connectivity index (χ1v) is 8.26. The quantitative estimate of drug-likeness (QED) is 0.521. The smallest absolute Gasteiger partial charge is 0.269 e. The van der Waals surface area contributed by atoms with Crippen molar-refractivity contribution in [3.63, 3.8) is 0 Å². The van der Waals surface area contributed by atoms with Crippen LogP contribution in [0.4, 0.5) is 5.69 Å². The Bertz CT molecular complexity index is 670. The number of nitro benzene ring substituents is 1. The lowest BCUT2D eigenvalue weighted by atomic mass is 10.0. The van der Waals surface area contributed by atoms with Crippen LogP contribution in [-0.4, -0.2) is 17.5 Å². The molecule has 23 heavy (non-hydrogen) atoms. The summed E-state index contributed by atoms with van der Waals surface area (Å²) in [5.74, 6) is 0. The second kappa shape index (κ2) is 7.38. The molecule has 0 heterocycles. The van der Waals surface area contributed by atoms with E-state index in [0.29, 0.717) is 6.04 Å². The van der Waals surface area contributed by atoms with E-state index in [9.17, 15) is 10.1 Å². The van der Waals surface area contributed by atoms with Gasteiger partial charge in [0.25, 0.3) is 5.69 Å². The van der Waals surface area contributed by atoms with Crippen molar-refractivity contribution < 1.29 is 4.92 Å². The molecule has 2 aromatic rings. The highest BCUT2D eigenvalue weighted by Crippen LogP contribution is 2.25. The van der Waals surface area contributed by atoms with E-state index in [1.165, 1.54) is 11.1 Å². The van der Waals surface area contributed by atoms with Gasteiger partial charge in [-0.25, -0.2) is 0 Å². The minimum Gasteiger partial charge on any atom is -0.314 e. The van der Waals surface area contributed by atoms with Gasteiger partial charge in [-0.1, -0.05) is 36.4 Å². The summed E-state index contributed by atoms with van der Waals surface area (Å²) in [5.41, 5.74) is 3.97. The number of benzene rings is 2. The Hall–Kier alpha value is -2.20. The number of nitrogens with one attached hydrogen (secondary N) is 1. The molecule has 120 valence electrons. The van der Waals surface area contributed by atoms with Crippen molar-refractivity contribution in [2.24, 2.45) is 0 Å². The molecule has 3 rings (SSSR count). The fraction of sp³-hybridized carbons (Fsp3) is 0.368. The van der Waals surface area contributed by atoms with Crippen LogP contribution in [0.2, 0.25) is 0 Å². The van der Waals surface area contributed by atoms with Gasteiger partial charge in [0.05, 0.1) is 4.92 Å². The van der Waals surface area contributed by atoms with Gasteiger partial charge in [-0.2, -0.15) is 0 Å². The van der Waals surface area contributed by atoms with Crippen molar-refractivity contribution >= 4 is 5.69 Å². The summed E-state index contributed by atoms with van der Waals surface area (Å²) in [4.78, 5) is 10.6. The molecule has 0 spiro atoms. The van der Waals surface area contributed by atoms with Crippen LogP contribution in [-0.2, 0) is 19.3 Å². The maximum atomic E-state index is 10.9. The number of fused-ring (bicyclic) bond motifs is 1. The van der Waals surface area contributed by atoms with Crippen molar-refractivity contribution in [3.8, 4) is 0 Å². The topological polar surface area (TPSA) is 55.2 Å². The number of hydrogen-bond acceptors (Lipinski definition) is 3. The molecule has 0 saturated carbocycles. The molecule has 1 unspecified atom stereocenters. The maximum Gasteiger partial charge on any atom is 0.269 e. The van der Waals surface area contributed by atoms with Gasteiger partial charge in [-0.15, -0.1) is 0 Å². The van der Waals surface area contributed by atoms with Crippen molar-refractivity contribution in [2.45, 2.75) is 38.1 Å². The van der Waals surface area contributed by atoms with E-state index in [4.69, 9.17) is 0 Å². The molecule has 1 aliphatic rings. The van der Waals surface area contributed by atoms with Crippen LogP contribution in [0.25, 0.3) is 0 Å². The summed E-state index contributed by atoms with van der Waals surface area (Å²) in [6.45, 7) is 0.977. The van der Waals surface area contributed by atoms with E-state index in [0.717, 1.165) is 44.2 Å². The van der Waals surface area contributed by atoms with E-state index in [1.54, 1.807) is 12.1 Å². The molecule has 0 aliphatic heterocycles. The van der Waals surface area contributed by atoms with Gasteiger partial charge < -0.3 is 5.32 Å². The van der Waals surface area contributed by atoms with Crippen LogP contribution in [0.1, 0.15) is 29.5 Å². The number of nitro groups is 1. The Morgan fingerprint density at radius 1 is 1.04 bits per heavy atom. The number of hydrogen-bond donors (Lipinski definition) is 1. The summed E-state index contributed by atoms with van der Waals surface area (Å²) < 4.78 is 0. The first-order valence-electron chi connectivity index (χ1n) is 8.26. The minimum absolute atomic E-state index is 0.208. The maximum absolute atomic E-state index is 10.9. The lowest BCUT2D eigenvalue weighted by Gasteiger charge is -2.16. The zero-order valence-electron chi connectivity index (χ0n) is 13.2. The summed E-state index contributed by atoms with van der Waals surface area (Å²) in [6, 6.07) is 16.3. The molecule has 0 aromatic heterocycles. The normalized spacial score (nSPS) is 17.3. The molecule has 1 N–H and O–H groups in total. The van der Waals surface area contributed by atoms with Crippen molar-refractivity contribution in [1.29, 1.82) is 0 Å². The number of nitrogens with zero attached hydrogens (tertiary/aromatic N) is 1. The molecule has 1 aliphatic carbocycles. The van der Waals surface area contributed by atoms with Crippen LogP contribution in [0.15, 0.2) is 48.5 Å². The number of aryl methyl sites for hydroxylation is 2. The van der Waals surface area contributed by atoms with Crippen LogP contribution in [0.3, 0.4) is 0 Å². The summed E-state index contributed by atoms with van der Waals surface area (Å²) in [7, 11) is 0. The van der Waals surface area contributed by atoms with Gasteiger partial charge in [-0.3, -0.25) is 10.1 Å². The van der Waals surface area contributed by atoms with Crippen LogP contribution in [0, 0.1) is 10.1 Å². The van der Waals surface area contributed by atoms with E-state index < -0.39 is 0 Å². The third kappa shape index (κ3) is 4.17. The SMILES string of the molecule is O=[N+]([O-])c1ccc2c(c1)CCC(NCCc1ccccc1)CC2. The highest BCUT2D eigenvalue weighted by Gasteiger charge is 2.18. The van der Waals surface area contributed by atoms with Crippen molar-refractivity contribution in [3.05, 3.63) is 75.3 Å². The second-order valence-electron chi connectivity index (χ2n) is 6.17. The molecular formula is C19H22N2O2. The largest absolute Gasteiger partial charge is 0.314 e. The highest BCUT2D eigenvalue weighted by molar-refractivity contribution is 5.40. The lowest BCUT2D eigenvalue weighted by Crippen LogP contribution is -2.31. The first kappa shape index (κ1) is 15.7. The second-order valence-corrected chi connectivity index (χ2v) is 6.17. The van der Waals surface area contributed by atoms with Crippen LogP contribution < -0.4 is 5.32 Å². The van der Waals surface area contributed by atoms with E-state index in [-0.39, 0.29) is 10.6 Å². The predicted octanol–water partition coefficient (Wildman–Crippen LogP) is 3.67. The molecule has 2 aromatic carbocycles. The van der Waals surface area contributed by atoms with Gasteiger partial charge in [0.2, 0.25) is 0 Å². The average molecular weight is 310 g/mol. The molecule has 0 amide bonds. The summed E-state index contributed by atoms with van der Waals surface area (Å²) >= 11 is 0. The number of non-ortho nitro benzene ring substituents is 1. The fourth-order valence-corrected chi connectivity index (χ4v) is 3.28. The van der Waals surface area contributed by atoms with Gasteiger partial charge in [0.1, 0.15) is 0 Å². The third-order valence-electron chi connectivity index (χ3n) is 4.61. The van der Waals surface area contributed by atoms with Gasteiger partial charge >= 0.3 is 0 Å². The predicted molar refractivity (Wildman–Crippen MR) is 91.7 cm³/mol. The average Bonchev–Trinajstić information content (AvgIpc) is 2.78. The molecule has 4 nitrogen and oxygen atoms in total. The minimum atomic E-state index is -0.305. The molecule has 1 atom stereocenters. The Kier molecular flexibility index (Phi) is 5.03. The van der Waals surface area contributed by atoms with Crippen LogP contribution >= 0.6 is 0 Å². The molecule has 0 fully saturated rings. The van der Waals surface area contributed by atoms with Crippen molar-refractivity contribution in [2.75, 3.05) is 6.54 Å². The van der Waals surface area contributed by atoms with E-state index >= 15 is 0 Å². The van der Waals surface area contributed by atoms with Gasteiger partial charge in [-0.05, 0) is 55.3 Å². The Morgan fingerprint density at radius 2 is 1.78 bits per heavy atom. The van der Waals surface area contributed by atoms with E-state index in [1.807, 2.05) is 12.1 Å². The van der Waals surface area contributed by atoms with E-state index in [2.05, 4.69) is 29.6 Å². The van der Waals surface area contributed by atoms with Gasteiger partial charge in [0, 0.05) is 18.2 Å². The molecule has 0 saturated heterocycles. The Labute approximate surface area is 136 Å². The summed E-state index contributed by atoms with van der Waals surface area (Å²) in [5, 5.41) is 14.6. The lowest BCUT2D eigenvalue weighted by molar-refractivity contribution is -0.384.